The molecule has 0 atom stereocenters. The van der Waals surface area contributed by atoms with Crippen LogP contribution in [-0.2, 0) is 0 Å². The molecule has 134 valence electrons. The van der Waals surface area contributed by atoms with Gasteiger partial charge in [0.2, 0.25) is 5.95 Å². The van der Waals surface area contributed by atoms with Gasteiger partial charge < -0.3 is 25.2 Å². The molecule has 1 aliphatic rings. The lowest BCUT2D eigenvalue weighted by Crippen LogP contribution is -2.15. The monoisotopic (exact) mass is 352 g/mol. The normalized spacial score (nSPS) is 12.8. The van der Waals surface area contributed by atoms with Crippen molar-refractivity contribution in [2.75, 3.05) is 37.0 Å². The first-order chi connectivity index (χ1) is 12.8. The van der Waals surface area contributed by atoms with Crippen LogP contribution in [0.2, 0.25) is 0 Å². The number of rotatable bonds is 6. The van der Waals surface area contributed by atoms with Gasteiger partial charge in [-0.2, -0.15) is 4.98 Å². The minimum absolute atomic E-state index is 0.137. The third kappa shape index (κ3) is 3.48. The van der Waals surface area contributed by atoms with Gasteiger partial charge in [-0.05, 0) is 30.7 Å². The van der Waals surface area contributed by atoms with Crippen LogP contribution < -0.4 is 20.1 Å². The summed E-state index contributed by atoms with van der Waals surface area (Å²) in [6.45, 7) is 1.89. The number of anilines is 3. The molecule has 1 aromatic heterocycles. The molecule has 7 nitrogen and oxygen atoms in total. The summed E-state index contributed by atoms with van der Waals surface area (Å²) in [5.41, 5.74) is 1.67. The number of nitrogens with zero attached hydrogens (tertiary/aromatic N) is 2. The van der Waals surface area contributed by atoms with Crippen molar-refractivity contribution < 1.29 is 14.6 Å². The van der Waals surface area contributed by atoms with Crippen LogP contribution in [0.1, 0.15) is 6.42 Å². The van der Waals surface area contributed by atoms with E-state index in [4.69, 9.17) is 14.6 Å². The highest BCUT2D eigenvalue weighted by Gasteiger charge is 2.13. The minimum atomic E-state index is 0.137. The molecule has 0 spiro atoms. The van der Waals surface area contributed by atoms with E-state index in [-0.39, 0.29) is 6.61 Å². The molecule has 3 N–H and O–H groups in total. The van der Waals surface area contributed by atoms with Crippen LogP contribution in [0.3, 0.4) is 0 Å². The van der Waals surface area contributed by atoms with Gasteiger partial charge in [-0.1, -0.05) is 12.1 Å². The van der Waals surface area contributed by atoms with Crippen molar-refractivity contribution in [1.82, 2.24) is 9.97 Å². The maximum absolute atomic E-state index is 9.00. The van der Waals surface area contributed by atoms with Crippen LogP contribution in [0.15, 0.2) is 42.5 Å². The Balaban J connectivity index is 1.63. The largest absolute Gasteiger partial charge is 0.486 e. The standard InChI is InChI=1S/C19H20N4O3/c24-9-3-8-20-18-14-4-1-2-5-15(14)22-19(23-18)21-13-6-7-16-17(12-13)26-11-10-25-16/h1-2,4-7,12,24H,3,8-11H2,(H2,20,21,22,23). The van der Waals surface area contributed by atoms with E-state index in [1.54, 1.807) is 0 Å². The van der Waals surface area contributed by atoms with Crippen LogP contribution in [0.25, 0.3) is 10.9 Å². The van der Waals surface area contributed by atoms with Crippen molar-refractivity contribution in [1.29, 1.82) is 0 Å². The van der Waals surface area contributed by atoms with E-state index in [0.29, 0.717) is 37.9 Å². The molecule has 0 unspecified atom stereocenters. The molecular formula is C19H20N4O3. The third-order valence-corrected chi connectivity index (χ3v) is 4.03. The van der Waals surface area contributed by atoms with Crippen molar-refractivity contribution in [3.63, 3.8) is 0 Å². The summed E-state index contributed by atoms with van der Waals surface area (Å²) < 4.78 is 11.2. The zero-order valence-electron chi connectivity index (χ0n) is 14.2. The molecule has 3 aromatic rings. The second-order valence-corrected chi connectivity index (χ2v) is 5.90. The van der Waals surface area contributed by atoms with Crippen molar-refractivity contribution in [3.8, 4) is 11.5 Å². The third-order valence-electron chi connectivity index (χ3n) is 4.03. The van der Waals surface area contributed by atoms with Crippen molar-refractivity contribution >= 4 is 28.4 Å². The Bertz CT molecular complexity index is 916. The average Bonchev–Trinajstić information content (AvgIpc) is 2.68. The summed E-state index contributed by atoms with van der Waals surface area (Å²) in [5.74, 6) is 2.69. The SMILES string of the molecule is OCCCNc1nc(Nc2ccc3c(c2)OCCO3)nc2ccccc12. The first-order valence-corrected chi connectivity index (χ1v) is 8.62. The van der Waals surface area contributed by atoms with Crippen LogP contribution in [0.5, 0.6) is 11.5 Å². The van der Waals surface area contributed by atoms with Gasteiger partial charge in [0.05, 0.1) is 5.52 Å². The zero-order chi connectivity index (χ0) is 17.8. The molecule has 2 aromatic carbocycles. The lowest BCUT2D eigenvalue weighted by atomic mass is 10.2. The molecular weight excluding hydrogens is 332 g/mol. The highest BCUT2D eigenvalue weighted by atomic mass is 16.6. The Morgan fingerprint density at radius 1 is 1.00 bits per heavy atom. The highest BCUT2D eigenvalue weighted by molar-refractivity contribution is 5.90. The molecule has 4 rings (SSSR count). The zero-order valence-corrected chi connectivity index (χ0v) is 14.2. The lowest BCUT2D eigenvalue weighted by Gasteiger charge is -2.19. The van der Waals surface area contributed by atoms with Gasteiger partial charge in [0.1, 0.15) is 19.0 Å². The Morgan fingerprint density at radius 2 is 1.85 bits per heavy atom. The van der Waals surface area contributed by atoms with Gasteiger partial charge in [-0.25, -0.2) is 4.98 Å². The number of para-hydroxylation sites is 1. The van der Waals surface area contributed by atoms with Gasteiger partial charge in [-0.3, -0.25) is 0 Å². The first kappa shape index (κ1) is 16.4. The topological polar surface area (TPSA) is 88.5 Å². The van der Waals surface area contributed by atoms with Crippen LogP contribution >= 0.6 is 0 Å². The number of hydrogen-bond acceptors (Lipinski definition) is 7. The lowest BCUT2D eigenvalue weighted by molar-refractivity contribution is 0.171. The second-order valence-electron chi connectivity index (χ2n) is 5.90. The highest BCUT2D eigenvalue weighted by Crippen LogP contribution is 2.33. The van der Waals surface area contributed by atoms with E-state index in [1.807, 2.05) is 42.5 Å². The molecule has 0 aliphatic carbocycles. The van der Waals surface area contributed by atoms with Gasteiger partial charge in [-0.15, -0.1) is 0 Å². The summed E-state index contributed by atoms with van der Waals surface area (Å²) in [7, 11) is 0. The van der Waals surface area contributed by atoms with Crippen LogP contribution in [0, 0.1) is 0 Å². The number of nitrogens with one attached hydrogen (secondary N) is 2. The quantitative estimate of drug-likeness (QED) is 0.588. The molecule has 7 heteroatoms. The number of ether oxygens (including phenoxy) is 2. The molecule has 2 heterocycles. The number of hydrogen-bond donors (Lipinski definition) is 3. The molecule has 0 radical (unpaired) electrons. The number of benzene rings is 2. The number of fused-ring (bicyclic) bond motifs is 2. The maximum Gasteiger partial charge on any atom is 0.229 e. The van der Waals surface area contributed by atoms with Gasteiger partial charge >= 0.3 is 0 Å². The van der Waals surface area contributed by atoms with Crippen molar-refractivity contribution in [2.45, 2.75) is 6.42 Å². The summed E-state index contributed by atoms with van der Waals surface area (Å²) in [6, 6.07) is 13.5. The molecule has 0 saturated carbocycles. The average molecular weight is 352 g/mol. The molecule has 1 aliphatic heterocycles. The fourth-order valence-electron chi connectivity index (χ4n) is 2.80. The summed E-state index contributed by atoms with van der Waals surface area (Å²) >= 11 is 0. The Kier molecular flexibility index (Phi) is 4.70. The van der Waals surface area contributed by atoms with Gasteiger partial charge in [0.25, 0.3) is 0 Å². The fourth-order valence-corrected chi connectivity index (χ4v) is 2.80. The maximum atomic E-state index is 9.00. The number of aliphatic hydroxyl groups is 1. The molecule has 0 saturated heterocycles. The van der Waals surface area contributed by atoms with Crippen LogP contribution in [-0.4, -0.2) is 41.4 Å². The van der Waals surface area contributed by atoms with E-state index < -0.39 is 0 Å². The van der Waals surface area contributed by atoms with Crippen LogP contribution in [0.4, 0.5) is 17.5 Å². The molecule has 0 fully saturated rings. The minimum Gasteiger partial charge on any atom is -0.486 e. The summed E-state index contributed by atoms with van der Waals surface area (Å²) in [6.07, 6.45) is 0.656. The Hall–Kier alpha value is -3.06. The Labute approximate surface area is 151 Å². The first-order valence-electron chi connectivity index (χ1n) is 8.62. The predicted octanol–water partition coefficient (Wildman–Crippen LogP) is 2.94. The second kappa shape index (κ2) is 7.45. The number of aromatic nitrogens is 2. The number of aliphatic hydroxyl groups excluding tert-OH is 1. The molecule has 0 amide bonds. The summed E-state index contributed by atoms with van der Waals surface area (Å²) in [5, 5.41) is 16.4. The van der Waals surface area contributed by atoms with Gasteiger partial charge in [0, 0.05) is 30.3 Å². The Morgan fingerprint density at radius 3 is 2.73 bits per heavy atom. The molecule has 26 heavy (non-hydrogen) atoms. The fraction of sp³-hybridized carbons (Fsp3) is 0.263. The smallest absolute Gasteiger partial charge is 0.229 e. The van der Waals surface area contributed by atoms with Crippen molar-refractivity contribution in [2.24, 2.45) is 0 Å². The summed E-state index contributed by atoms with van der Waals surface area (Å²) in [4.78, 5) is 9.18. The predicted molar refractivity (Wildman–Crippen MR) is 100 cm³/mol. The van der Waals surface area contributed by atoms with Gasteiger partial charge in [0.15, 0.2) is 11.5 Å². The van der Waals surface area contributed by atoms with E-state index in [9.17, 15) is 0 Å². The van der Waals surface area contributed by atoms with E-state index in [0.717, 1.165) is 28.2 Å². The molecule has 0 bridgehead atoms. The van der Waals surface area contributed by atoms with Crippen molar-refractivity contribution in [3.05, 3.63) is 42.5 Å². The van der Waals surface area contributed by atoms with E-state index in [1.165, 1.54) is 0 Å². The van der Waals surface area contributed by atoms with E-state index in [2.05, 4.69) is 20.6 Å². The van der Waals surface area contributed by atoms with E-state index >= 15 is 0 Å².